The van der Waals surface area contributed by atoms with Gasteiger partial charge in [0.05, 0.1) is 11.8 Å². The number of aromatic nitrogens is 3. The van der Waals surface area contributed by atoms with Crippen LogP contribution in [0.5, 0.6) is 0 Å². The lowest BCUT2D eigenvalue weighted by Gasteiger charge is -2.05. The Bertz CT molecular complexity index is 361. The molecule has 0 unspecified atom stereocenters. The zero-order valence-corrected chi connectivity index (χ0v) is 8.27. The summed E-state index contributed by atoms with van der Waals surface area (Å²) in [6.45, 7) is 4.22. The van der Waals surface area contributed by atoms with Gasteiger partial charge in [-0.1, -0.05) is 19.1 Å². The standard InChI is InChI=1S/C9H12N4O/c1-7(2)5-9-8(6-14)11-12-13(9)4-3-10/h6-7H,4-5H2,1-2H3. The van der Waals surface area contributed by atoms with Crippen molar-refractivity contribution in [1.29, 1.82) is 5.26 Å². The van der Waals surface area contributed by atoms with Crippen LogP contribution < -0.4 is 0 Å². The smallest absolute Gasteiger partial charge is 0.172 e. The molecule has 0 saturated heterocycles. The normalized spacial score (nSPS) is 10.1. The van der Waals surface area contributed by atoms with E-state index in [1.807, 2.05) is 19.9 Å². The van der Waals surface area contributed by atoms with Crippen molar-refractivity contribution >= 4 is 6.29 Å². The van der Waals surface area contributed by atoms with E-state index in [4.69, 9.17) is 5.26 Å². The van der Waals surface area contributed by atoms with Gasteiger partial charge in [-0.3, -0.25) is 4.79 Å². The summed E-state index contributed by atoms with van der Waals surface area (Å²) < 4.78 is 1.48. The van der Waals surface area contributed by atoms with Gasteiger partial charge in [-0.15, -0.1) is 5.10 Å². The molecule has 0 bridgehead atoms. The van der Waals surface area contributed by atoms with Crippen LogP contribution in [-0.4, -0.2) is 21.3 Å². The van der Waals surface area contributed by atoms with Gasteiger partial charge in [-0.2, -0.15) is 5.26 Å². The first-order valence-electron chi connectivity index (χ1n) is 4.43. The molecular formula is C9H12N4O. The number of nitriles is 1. The molecule has 74 valence electrons. The van der Waals surface area contributed by atoms with Crippen LogP contribution in [0.3, 0.4) is 0 Å². The lowest BCUT2D eigenvalue weighted by molar-refractivity contribution is 0.111. The lowest BCUT2D eigenvalue weighted by atomic mass is 10.1. The van der Waals surface area contributed by atoms with E-state index >= 15 is 0 Å². The number of carbonyl (C=O) groups excluding carboxylic acids is 1. The molecule has 5 nitrogen and oxygen atoms in total. The maximum atomic E-state index is 10.6. The summed E-state index contributed by atoms with van der Waals surface area (Å²) >= 11 is 0. The van der Waals surface area contributed by atoms with Crippen molar-refractivity contribution in [2.75, 3.05) is 0 Å². The molecule has 0 spiro atoms. The van der Waals surface area contributed by atoms with Crippen molar-refractivity contribution in [3.8, 4) is 6.07 Å². The molecule has 0 N–H and O–H groups in total. The molecule has 0 saturated carbocycles. The highest BCUT2D eigenvalue weighted by atomic mass is 16.1. The number of hydrogen-bond donors (Lipinski definition) is 0. The average molecular weight is 192 g/mol. The van der Waals surface area contributed by atoms with Crippen molar-refractivity contribution in [1.82, 2.24) is 15.0 Å². The maximum absolute atomic E-state index is 10.6. The van der Waals surface area contributed by atoms with Crippen molar-refractivity contribution < 1.29 is 4.79 Å². The van der Waals surface area contributed by atoms with Crippen LogP contribution in [0.15, 0.2) is 0 Å². The molecule has 0 atom stereocenters. The molecule has 0 aliphatic heterocycles. The van der Waals surface area contributed by atoms with Crippen LogP contribution in [0.1, 0.15) is 30.0 Å². The van der Waals surface area contributed by atoms with Gasteiger partial charge in [0.25, 0.3) is 0 Å². The van der Waals surface area contributed by atoms with Gasteiger partial charge < -0.3 is 0 Å². The van der Waals surface area contributed by atoms with E-state index < -0.39 is 0 Å². The van der Waals surface area contributed by atoms with E-state index in [1.165, 1.54) is 4.68 Å². The van der Waals surface area contributed by atoms with Crippen LogP contribution in [0, 0.1) is 17.2 Å². The Morgan fingerprint density at radius 2 is 2.36 bits per heavy atom. The number of rotatable bonds is 4. The van der Waals surface area contributed by atoms with Gasteiger partial charge in [0.15, 0.2) is 6.29 Å². The van der Waals surface area contributed by atoms with Gasteiger partial charge >= 0.3 is 0 Å². The summed E-state index contributed by atoms with van der Waals surface area (Å²) in [6, 6.07) is 1.98. The molecule has 1 rings (SSSR count). The van der Waals surface area contributed by atoms with Crippen molar-refractivity contribution in [3.05, 3.63) is 11.4 Å². The fraction of sp³-hybridized carbons (Fsp3) is 0.556. The highest BCUT2D eigenvalue weighted by molar-refractivity contribution is 5.73. The van der Waals surface area contributed by atoms with Crippen molar-refractivity contribution in [2.24, 2.45) is 5.92 Å². The molecule has 0 aliphatic rings. The maximum Gasteiger partial charge on any atom is 0.172 e. The zero-order chi connectivity index (χ0) is 10.6. The monoisotopic (exact) mass is 192 g/mol. The predicted molar refractivity (Wildman–Crippen MR) is 49.6 cm³/mol. The third kappa shape index (κ3) is 2.16. The van der Waals surface area contributed by atoms with Gasteiger partial charge in [0.2, 0.25) is 0 Å². The molecule has 0 amide bonds. The molecule has 0 aliphatic carbocycles. The predicted octanol–water partition coefficient (Wildman–Crippen LogP) is 0.813. The first kappa shape index (κ1) is 10.4. The summed E-state index contributed by atoms with van der Waals surface area (Å²) in [5.74, 6) is 0.407. The second kappa shape index (κ2) is 4.51. The minimum Gasteiger partial charge on any atom is -0.296 e. The third-order valence-electron chi connectivity index (χ3n) is 1.80. The average Bonchev–Trinajstić information content (AvgIpc) is 2.48. The second-order valence-electron chi connectivity index (χ2n) is 3.45. The number of carbonyl (C=O) groups is 1. The lowest BCUT2D eigenvalue weighted by Crippen LogP contribution is -2.08. The Balaban J connectivity index is 3.00. The molecule has 0 fully saturated rings. The Morgan fingerprint density at radius 1 is 1.64 bits per heavy atom. The highest BCUT2D eigenvalue weighted by Gasteiger charge is 2.12. The highest BCUT2D eigenvalue weighted by Crippen LogP contribution is 2.09. The molecule has 0 radical (unpaired) electrons. The van der Waals surface area contributed by atoms with Gasteiger partial charge in [-0.25, -0.2) is 4.68 Å². The number of nitrogens with zero attached hydrogens (tertiary/aromatic N) is 4. The summed E-state index contributed by atoms with van der Waals surface area (Å²) in [4.78, 5) is 10.6. The Hall–Kier alpha value is -1.70. The topological polar surface area (TPSA) is 71.6 Å². The Kier molecular flexibility index (Phi) is 3.35. The quantitative estimate of drug-likeness (QED) is 0.662. The summed E-state index contributed by atoms with van der Waals surface area (Å²) in [5.41, 5.74) is 1.09. The molecule has 5 heteroatoms. The second-order valence-corrected chi connectivity index (χ2v) is 3.45. The van der Waals surface area contributed by atoms with E-state index in [2.05, 4.69) is 10.3 Å². The van der Waals surface area contributed by atoms with Crippen LogP contribution >= 0.6 is 0 Å². The zero-order valence-electron chi connectivity index (χ0n) is 8.27. The van der Waals surface area contributed by atoms with E-state index in [0.717, 1.165) is 5.69 Å². The Morgan fingerprint density at radius 3 is 2.86 bits per heavy atom. The molecule has 1 aromatic heterocycles. The van der Waals surface area contributed by atoms with E-state index in [1.54, 1.807) is 0 Å². The minimum atomic E-state index is 0.142. The SMILES string of the molecule is CC(C)Cc1c(C=O)nnn1CC#N. The first-order valence-corrected chi connectivity index (χ1v) is 4.43. The van der Waals surface area contributed by atoms with E-state index in [-0.39, 0.29) is 6.54 Å². The summed E-state index contributed by atoms with van der Waals surface area (Å²) in [5, 5.41) is 16.0. The summed E-state index contributed by atoms with van der Waals surface area (Å²) in [6.07, 6.45) is 1.39. The van der Waals surface area contributed by atoms with Crippen LogP contribution in [0.2, 0.25) is 0 Å². The van der Waals surface area contributed by atoms with Gasteiger partial charge in [0, 0.05) is 0 Å². The van der Waals surface area contributed by atoms with Crippen LogP contribution in [0.4, 0.5) is 0 Å². The van der Waals surface area contributed by atoms with E-state index in [9.17, 15) is 4.79 Å². The molecule has 1 heterocycles. The van der Waals surface area contributed by atoms with Gasteiger partial charge in [-0.05, 0) is 12.3 Å². The van der Waals surface area contributed by atoms with Gasteiger partial charge in [0.1, 0.15) is 12.2 Å². The van der Waals surface area contributed by atoms with Crippen LogP contribution in [-0.2, 0) is 13.0 Å². The Labute approximate surface area is 82.3 Å². The number of hydrogen-bond acceptors (Lipinski definition) is 4. The fourth-order valence-corrected chi connectivity index (χ4v) is 1.23. The minimum absolute atomic E-state index is 0.142. The first-order chi connectivity index (χ1) is 6.69. The largest absolute Gasteiger partial charge is 0.296 e. The molecule has 14 heavy (non-hydrogen) atoms. The fourth-order valence-electron chi connectivity index (χ4n) is 1.23. The van der Waals surface area contributed by atoms with Crippen LogP contribution in [0.25, 0.3) is 0 Å². The van der Waals surface area contributed by atoms with E-state index in [0.29, 0.717) is 24.3 Å². The third-order valence-corrected chi connectivity index (χ3v) is 1.80. The summed E-state index contributed by atoms with van der Waals surface area (Å²) in [7, 11) is 0. The van der Waals surface area contributed by atoms with Crippen molar-refractivity contribution in [2.45, 2.75) is 26.8 Å². The molecule has 1 aromatic rings. The molecule has 0 aromatic carbocycles. The van der Waals surface area contributed by atoms with Crippen molar-refractivity contribution in [3.63, 3.8) is 0 Å². The number of aldehydes is 1. The molecular weight excluding hydrogens is 180 g/mol.